The Morgan fingerprint density at radius 3 is 3.30 bits per heavy atom. The van der Waals surface area contributed by atoms with Crippen LogP contribution in [0.4, 0.5) is 0 Å². The molecule has 1 fully saturated rings. The summed E-state index contributed by atoms with van der Waals surface area (Å²) in [6, 6.07) is 0. The summed E-state index contributed by atoms with van der Waals surface area (Å²) >= 11 is 0. The molecule has 3 heteroatoms. The standard InChI is InChI=1S/C7H11N3/c1-8-7-5-9-6-3-2-4-10(6)7/h2-5H2,1H3/b8-7+. The Kier molecular flexibility index (Phi) is 1.22. The number of hydrogen-bond donors (Lipinski definition) is 0. The minimum Gasteiger partial charge on any atom is -0.317 e. The van der Waals surface area contributed by atoms with Crippen molar-refractivity contribution in [3.05, 3.63) is 0 Å². The third-order valence-corrected chi connectivity index (χ3v) is 2.07. The van der Waals surface area contributed by atoms with E-state index < -0.39 is 0 Å². The van der Waals surface area contributed by atoms with Gasteiger partial charge in [-0.3, -0.25) is 9.98 Å². The van der Waals surface area contributed by atoms with Gasteiger partial charge in [0, 0.05) is 20.0 Å². The first-order chi connectivity index (χ1) is 4.92. The fourth-order valence-electron chi connectivity index (χ4n) is 1.54. The lowest BCUT2D eigenvalue weighted by Crippen LogP contribution is -2.27. The lowest BCUT2D eigenvalue weighted by molar-refractivity contribution is 0.661. The molecule has 0 amide bonds. The highest BCUT2D eigenvalue weighted by molar-refractivity contribution is 6.07. The second-order valence-electron chi connectivity index (χ2n) is 2.63. The molecule has 0 N–H and O–H groups in total. The summed E-state index contributed by atoms with van der Waals surface area (Å²) in [6.45, 7) is 1.94. The maximum Gasteiger partial charge on any atom is 0.126 e. The van der Waals surface area contributed by atoms with Crippen LogP contribution in [0.3, 0.4) is 0 Å². The molecule has 2 heterocycles. The fourth-order valence-corrected chi connectivity index (χ4v) is 1.54. The predicted molar refractivity (Wildman–Crippen MR) is 41.6 cm³/mol. The molecule has 0 bridgehead atoms. The molecule has 0 saturated carbocycles. The van der Waals surface area contributed by atoms with E-state index >= 15 is 0 Å². The van der Waals surface area contributed by atoms with Gasteiger partial charge in [0.15, 0.2) is 0 Å². The van der Waals surface area contributed by atoms with Gasteiger partial charge in [0.05, 0.1) is 6.54 Å². The van der Waals surface area contributed by atoms with E-state index in [1.165, 1.54) is 12.3 Å². The van der Waals surface area contributed by atoms with Crippen molar-refractivity contribution in [2.24, 2.45) is 9.98 Å². The third kappa shape index (κ3) is 0.664. The van der Waals surface area contributed by atoms with Gasteiger partial charge in [-0.05, 0) is 6.42 Å². The highest BCUT2D eigenvalue weighted by atomic mass is 15.3. The zero-order chi connectivity index (χ0) is 6.97. The van der Waals surface area contributed by atoms with Gasteiger partial charge in [0.25, 0.3) is 0 Å². The highest BCUT2D eigenvalue weighted by Gasteiger charge is 2.26. The largest absolute Gasteiger partial charge is 0.317 e. The van der Waals surface area contributed by atoms with Crippen molar-refractivity contribution in [2.45, 2.75) is 12.8 Å². The van der Waals surface area contributed by atoms with E-state index in [1.54, 1.807) is 0 Å². The number of amidine groups is 2. The second kappa shape index (κ2) is 2.08. The molecule has 0 aromatic heterocycles. The van der Waals surface area contributed by atoms with Gasteiger partial charge < -0.3 is 4.90 Å². The molecule has 0 spiro atoms. The molecule has 2 aliphatic rings. The molecule has 0 aromatic carbocycles. The minimum absolute atomic E-state index is 0.811. The Morgan fingerprint density at radius 2 is 2.50 bits per heavy atom. The van der Waals surface area contributed by atoms with E-state index in [0.717, 1.165) is 25.3 Å². The van der Waals surface area contributed by atoms with Crippen LogP contribution in [0.5, 0.6) is 0 Å². The summed E-state index contributed by atoms with van der Waals surface area (Å²) in [5.41, 5.74) is 0. The number of hydrogen-bond acceptors (Lipinski definition) is 2. The molecule has 2 aliphatic heterocycles. The van der Waals surface area contributed by atoms with Crippen LogP contribution in [-0.2, 0) is 0 Å². The third-order valence-electron chi connectivity index (χ3n) is 2.07. The molecule has 0 atom stereocenters. The number of aliphatic imine (C=N–C) groups is 2. The van der Waals surface area contributed by atoms with Crippen LogP contribution in [0.2, 0.25) is 0 Å². The van der Waals surface area contributed by atoms with Crippen LogP contribution < -0.4 is 0 Å². The molecule has 0 aliphatic carbocycles. The number of nitrogens with zero attached hydrogens (tertiary/aromatic N) is 3. The highest BCUT2D eigenvalue weighted by Crippen LogP contribution is 2.17. The normalized spacial score (nSPS) is 27.5. The van der Waals surface area contributed by atoms with E-state index in [9.17, 15) is 0 Å². The maximum atomic E-state index is 4.36. The van der Waals surface area contributed by atoms with E-state index in [4.69, 9.17) is 0 Å². The van der Waals surface area contributed by atoms with Gasteiger partial charge in [-0.1, -0.05) is 0 Å². The van der Waals surface area contributed by atoms with Crippen LogP contribution in [-0.4, -0.2) is 36.7 Å². The molecular weight excluding hydrogens is 126 g/mol. The van der Waals surface area contributed by atoms with Crippen LogP contribution >= 0.6 is 0 Å². The van der Waals surface area contributed by atoms with E-state index in [-0.39, 0.29) is 0 Å². The monoisotopic (exact) mass is 137 g/mol. The second-order valence-corrected chi connectivity index (χ2v) is 2.63. The molecule has 0 radical (unpaired) electrons. The first-order valence-electron chi connectivity index (χ1n) is 3.68. The van der Waals surface area contributed by atoms with E-state index in [1.807, 2.05) is 7.05 Å². The number of fused-ring (bicyclic) bond motifs is 1. The zero-order valence-electron chi connectivity index (χ0n) is 6.17. The minimum atomic E-state index is 0.811. The molecular formula is C7H11N3. The molecule has 2 rings (SSSR count). The Labute approximate surface area is 60.5 Å². The van der Waals surface area contributed by atoms with Gasteiger partial charge in [0.1, 0.15) is 11.7 Å². The topological polar surface area (TPSA) is 28.0 Å². The van der Waals surface area contributed by atoms with Crippen LogP contribution in [0.25, 0.3) is 0 Å². The smallest absolute Gasteiger partial charge is 0.126 e. The molecule has 0 aromatic rings. The van der Waals surface area contributed by atoms with Crippen molar-refractivity contribution in [2.75, 3.05) is 20.1 Å². The summed E-state index contributed by atoms with van der Waals surface area (Å²) in [4.78, 5) is 10.8. The lowest BCUT2D eigenvalue weighted by Gasteiger charge is -2.11. The molecule has 1 saturated heterocycles. The fraction of sp³-hybridized carbons (Fsp3) is 0.714. The summed E-state index contributed by atoms with van der Waals surface area (Å²) in [5.74, 6) is 2.40. The van der Waals surface area contributed by atoms with Crippen molar-refractivity contribution >= 4 is 11.7 Å². The van der Waals surface area contributed by atoms with E-state index in [0.29, 0.717) is 0 Å². The van der Waals surface area contributed by atoms with Gasteiger partial charge in [-0.25, -0.2) is 0 Å². The Bertz CT molecular complexity index is 205. The zero-order valence-corrected chi connectivity index (χ0v) is 6.17. The summed E-state index contributed by atoms with van der Waals surface area (Å²) in [5, 5.41) is 0. The van der Waals surface area contributed by atoms with Crippen molar-refractivity contribution in [3.8, 4) is 0 Å². The van der Waals surface area contributed by atoms with Gasteiger partial charge in [-0.2, -0.15) is 0 Å². The Morgan fingerprint density at radius 1 is 1.60 bits per heavy atom. The molecule has 3 nitrogen and oxygen atoms in total. The van der Waals surface area contributed by atoms with Gasteiger partial charge in [-0.15, -0.1) is 0 Å². The molecule has 0 unspecified atom stereocenters. The molecule has 10 heavy (non-hydrogen) atoms. The van der Waals surface area contributed by atoms with Gasteiger partial charge >= 0.3 is 0 Å². The van der Waals surface area contributed by atoms with Crippen molar-refractivity contribution in [3.63, 3.8) is 0 Å². The van der Waals surface area contributed by atoms with Crippen molar-refractivity contribution in [1.82, 2.24) is 4.90 Å². The van der Waals surface area contributed by atoms with Crippen LogP contribution in [0, 0.1) is 0 Å². The van der Waals surface area contributed by atoms with Crippen molar-refractivity contribution in [1.29, 1.82) is 0 Å². The first kappa shape index (κ1) is 5.89. The first-order valence-corrected chi connectivity index (χ1v) is 3.68. The van der Waals surface area contributed by atoms with Gasteiger partial charge in [0.2, 0.25) is 0 Å². The number of rotatable bonds is 0. The predicted octanol–water partition coefficient (Wildman–Crippen LogP) is 0.523. The van der Waals surface area contributed by atoms with Crippen molar-refractivity contribution < 1.29 is 0 Å². The Hall–Kier alpha value is -0.860. The Balaban J connectivity index is 2.25. The van der Waals surface area contributed by atoms with Crippen LogP contribution in [0.15, 0.2) is 9.98 Å². The average Bonchev–Trinajstić information content (AvgIpc) is 2.44. The SMILES string of the molecule is C/N=C1\CN=C2CCCN21. The summed E-state index contributed by atoms with van der Waals surface area (Å²) in [6.07, 6.45) is 2.40. The maximum absolute atomic E-state index is 4.36. The quantitative estimate of drug-likeness (QED) is 0.478. The van der Waals surface area contributed by atoms with Crippen LogP contribution in [0.1, 0.15) is 12.8 Å². The average molecular weight is 137 g/mol. The lowest BCUT2D eigenvalue weighted by atomic mass is 10.4. The summed E-state index contributed by atoms with van der Waals surface area (Å²) in [7, 11) is 1.84. The molecule has 54 valence electrons. The summed E-state index contributed by atoms with van der Waals surface area (Å²) < 4.78 is 0. The van der Waals surface area contributed by atoms with E-state index in [2.05, 4.69) is 14.9 Å².